The molecule has 0 atom stereocenters. The predicted octanol–water partition coefficient (Wildman–Crippen LogP) is 5.42. The number of hydrogen-bond acceptors (Lipinski definition) is 3. The van der Waals surface area contributed by atoms with Crippen LogP contribution in [-0.2, 0) is 0 Å². The van der Waals surface area contributed by atoms with Crippen molar-refractivity contribution >= 4 is 45.8 Å². The van der Waals surface area contributed by atoms with Crippen molar-refractivity contribution in [2.75, 3.05) is 13.2 Å². The Kier molecular flexibility index (Phi) is 7.18. The number of ether oxygens (including phenoxy) is 2. The Morgan fingerprint density at radius 3 is 2.60 bits per heavy atom. The highest BCUT2D eigenvalue weighted by atomic mass is 127. The Morgan fingerprint density at radius 1 is 1.28 bits per heavy atom. The van der Waals surface area contributed by atoms with E-state index < -0.39 is 0 Å². The SMILES string of the molecule is C#CCOc1c(I)cc(/C=C(\C#N)c2ccc(Cl)cc2)cc1OCC. The van der Waals surface area contributed by atoms with E-state index in [2.05, 4.69) is 34.6 Å². The Morgan fingerprint density at radius 2 is 2.00 bits per heavy atom. The van der Waals surface area contributed by atoms with Crippen molar-refractivity contribution in [3.63, 3.8) is 0 Å². The quantitative estimate of drug-likeness (QED) is 0.249. The van der Waals surface area contributed by atoms with Crippen LogP contribution < -0.4 is 9.47 Å². The molecule has 3 nitrogen and oxygen atoms in total. The summed E-state index contributed by atoms with van der Waals surface area (Å²) in [4.78, 5) is 0. The summed E-state index contributed by atoms with van der Waals surface area (Å²) >= 11 is 8.07. The molecule has 2 aromatic carbocycles. The van der Waals surface area contributed by atoms with Gasteiger partial charge in [-0.1, -0.05) is 29.7 Å². The van der Waals surface area contributed by atoms with Gasteiger partial charge in [0, 0.05) is 5.02 Å². The van der Waals surface area contributed by atoms with Gasteiger partial charge in [0.25, 0.3) is 0 Å². The summed E-state index contributed by atoms with van der Waals surface area (Å²) in [6.45, 7) is 2.56. The van der Waals surface area contributed by atoms with E-state index in [0.717, 1.165) is 14.7 Å². The minimum Gasteiger partial charge on any atom is -0.490 e. The van der Waals surface area contributed by atoms with Crippen LogP contribution in [0, 0.1) is 27.2 Å². The van der Waals surface area contributed by atoms with Crippen LogP contribution in [0.1, 0.15) is 18.1 Å². The molecular weight excluding hydrogens is 449 g/mol. The summed E-state index contributed by atoms with van der Waals surface area (Å²) in [6, 6.07) is 13.1. The average Bonchev–Trinajstić information content (AvgIpc) is 2.60. The van der Waals surface area contributed by atoms with Gasteiger partial charge in [0.2, 0.25) is 0 Å². The lowest BCUT2D eigenvalue weighted by Crippen LogP contribution is -2.01. The smallest absolute Gasteiger partial charge is 0.175 e. The van der Waals surface area contributed by atoms with Crippen LogP contribution >= 0.6 is 34.2 Å². The molecule has 126 valence electrons. The van der Waals surface area contributed by atoms with Crippen molar-refractivity contribution in [3.05, 3.63) is 56.1 Å². The molecule has 0 saturated carbocycles. The molecule has 0 aliphatic carbocycles. The van der Waals surface area contributed by atoms with Crippen LogP contribution in [0.3, 0.4) is 0 Å². The highest BCUT2D eigenvalue weighted by Gasteiger charge is 2.12. The van der Waals surface area contributed by atoms with Crippen LogP contribution in [-0.4, -0.2) is 13.2 Å². The second-order valence-electron chi connectivity index (χ2n) is 4.93. The summed E-state index contributed by atoms with van der Waals surface area (Å²) < 4.78 is 12.1. The zero-order valence-electron chi connectivity index (χ0n) is 13.6. The van der Waals surface area contributed by atoms with Gasteiger partial charge in [0.05, 0.1) is 21.8 Å². The summed E-state index contributed by atoms with van der Waals surface area (Å²) in [5, 5.41) is 10.1. The molecule has 0 aliphatic heterocycles. The third-order valence-electron chi connectivity index (χ3n) is 3.22. The number of rotatable bonds is 6. The molecule has 0 aromatic heterocycles. The first-order valence-corrected chi connectivity index (χ1v) is 8.95. The van der Waals surface area contributed by atoms with Crippen LogP contribution in [0.25, 0.3) is 11.6 Å². The zero-order chi connectivity index (χ0) is 18.2. The largest absolute Gasteiger partial charge is 0.490 e. The summed E-state index contributed by atoms with van der Waals surface area (Å²) in [7, 11) is 0. The van der Waals surface area contributed by atoms with E-state index in [9.17, 15) is 5.26 Å². The lowest BCUT2D eigenvalue weighted by molar-refractivity contribution is 0.297. The first kappa shape index (κ1) is 19.2. The first-order valence-electron chi connectivity index (χ1n) is 7.49. The maximum atomic E-state index is 9.49. The zero-order valence-corrected chi connectivity index (χ0v) is 16.5. The Labute approximate surface area is 166 Å². The summed E-state index contributed by atoms with van der Waals surface area (Å²) in [5.41, 5.74) is 2.17. The topological polar surface area (TPSA) is 42.2 Å². The number of hydrogen-bond donors (Lipinski definition) is 0. The molecule has 0 heterocycles. The third kappa shape index (κ3) is 5.16. The molecule has 0 radical (unpaired) electrons. The van der Waals surface area contributed by atoms with E-state index in [1.54, 1.807) is 18.2 Å². The molecule has 0 amide bonds. The molecule has 0 aliphatic rings. The molecule has 5 heteroatoms. The minimum absolute atomic E-state index is 0.166. The molecule has 0 saturated heterocycles. The van der Waals surface area contributed by atoms with Gasteiger partial charge in [-0.15, -0.1) is 6.42 Å². The monoisotopic (exact) mass is 463 g/mol. The van der Waals surface area contributed by atoms with E-state index in [1.807, 2.05) is 31.2 Å². The second kappa shape index (κ2) is 9.36. The van der Waals surface area contributed by atoms with Crippen molar-refractivity contribution in [2.24, 2.45) is 0 Å². The van der Waals surface area contributed by atoms with Gasteiger partial charge in [-0.3, -0.25) is 0 Å². The second-order valence-corrected chi connectivity index (χ2v) is 6.53. The lowest BCUT2D eigenvalue weighted by atomic mass is 10.0. The molecule has 0 unspecified atom stereocenters. The number of benzene rings is 2. The number of nitriles is 1. The normalized spacial score (nSPS) is 10.7. The Bertz CT molecular complexity index is 861. The van der Waals surface area contributed by atoms with Crippen molar-refractivity contribution in [1.82, 2.24) is 0 Å². The maximum Gasteiger partial charge on any atom is 0.175 e. The number of allylic oxidation sites excluding steroid dienone is 1. The fourth-order valence-electron chi connectivity index (χ4n) is 2.16. The van der Waals surface area contributed by atoms with Gasteiger partial charge in [-0.2, -0.15) is 5.26 Å². The number of terminal acetylenes is 1. The van der Waals surface area contributed by atoms with Gasteiger partial charge in [0.1, 0.15) is 6.61 Å². The van der Waals surface area contributed by atoms with Crippen molar-refractivity contribution in [3.8, 4) is 29.9 Å². The van der Waals surface area contributed by atoms with Crippen LogP contribution in [0.2, 0.25) is 5.02 Å². The third-order valence-corrected chi connectivity index (χ3v) is 4.27. The van der Waals surface area contributed by atoms with Crippen molar-refractivity contribution in [2.45, 2.75) is 6.92 Å². The first-order chi connectivity index (χ1) is 12.1. The fourth-order valence-corrected chi connectivity index (χ4v) is 3.07. The van der Waals surface area contributed by atoms with Gasteiger partial charge in [0.15, 0.2) is 11.5 Å². The minimum atomic E-state index is 0.166. The van der Waals surface area contributed by atoms with E-state index in [-0.39, 0.29) is 6.61 Å². The van der Waals surface area contributed by atoms with E-state index in [0.29, 0.717) is 28.7 Å². The number of nitrogens with zero attached hydrogens (tertiary/aromatic N) is 1. The maximum absolute atomic E-state index is 9.49. The molecule has 2 rings (SSSR count). The highest BCUT2D eigenvalue weighted by molar-refractivity contribution is 14.1. The van der Waals surface area contributed by atoms with Crippen molar-refractivity contribution in [1.29, 1.82) is 5.26 Å². The molecule has 0 bridgehead atoms. The Balaban J connectivity index is 2.45. The molecule has 25 heavy (non-hydrogen) atoms. The van der Waals surface area contributed by atoms with Crippen molar-refractivity contribution < 1.29 is 9.47 Å². The molecule has 0 N–H and O–H groups in total. The summed E-state index contributed by atoms with van der Waals surface area (Å²) in [6.07, 6.45) is 7.07. The molecular formula is C20H15ClINO2. The van der Waals surface area contributed by atoms with E-state index >= 15 is 0 Å². The van der Waals surface area contributed by atoms with E-state index in [1.165, 1.54) is 0 Å². The van der Waals surface area contributed by atoms with Gasteiger partial charge in [-0.25, -0.2) is 0 Å². The van der Waals surface area contributed by atoms with Gasteiger partial charge < -0.3 is 9.47 Å². The summed E-state index contributed by atoms with van der Waals surface area (Å²) in [5.74, 6) is 3.66. The Hall–Kier alpha value is -2.15. The van der Waals surface area contributed by atoms with E-state index in [4.69, 9.17) is 27.5 Å². The number of halogens is 2. The van der Waals surface area contributed by atoms with Crippen LogP contribution in [0.15, 0.2) is 36.4 Å². The average molecular weight is 464 g/mol. The van der Waals surface area contributed by atoms with Crippen LogP contribution in [0.5, 0.6) is 11.5 Å². The highest BCUT2D eigenvalue weighted by Crippen LogP contribution is 2.35. The predicted molar refractivity (Wildman–Crippen MR) is 110 cm³/mol. The lowest BCUT2D eigenvalue weighted by Gasteiger charge is -2.13. The molecule has 0 fully saturated rings. The standard InChI is InChI=1S/C20H15ClINO2/c1-3-9-25-20-18(22)11-14(12-19(20)24-4-2)10-16(13-23)15-5-7-17(21)8-6-15/h1,5-8,10-12H,4,9H2,2H3/b16-10+. The van der Waals surface area contributed by atoms with Gasteiger partial charge >= 0.3 is 0 Å². The molecule has 2 aromatic rings. The fraction of sp³-hybridized carbons (Fsp3) is 0.150. The van der Waals surface area contributed by atoms with Gasteiger partial charge in [-0.05, 0) is 71.0 Å². The van der Waals surface area contributed by atoms with Crippen LogP contribution in [0.4, 0.5) is 0 Å². The molecule has 0 spiro atoms.